The highest BCUT2D eigenvalue weighted by Gasteiger charge is 2.00. The number of aromatic nitrogens is 2. The first-order valence-corrected chi connectivity index (χ1v) is 2.30. The minimum Gasteiger partial charge on any atom is -0.476 e. The zero-order valence-corrected chi connectivity index (χ0v) is 5.69. The van der Waals surface area contributed by atoms with Gasteiger partial charge in [0.05, 0.1) is 6.20 Å². The van der Waals surface area contributed by atoms with Gasteiger partial charge in [0.15, 0.2) is 5.69 Å². The fraction of sp³-hybridized carbons (Fsp3) is 0. The van der Waals surface area contributed by atoms with Gasteiger partial charge in [-0.15, -0.1) is 0 Å². The monoisotopic (exact) mass is 159 g/mol. The Hall–Kier alpha value is -1.53. The van der Waals surface area contributed by atoms with Gasteiger partial charge in [0.25, 0.3) is 0 Å². The molecule has 0 bridgehead atoms. The molecule has 0 atom stereocenters. The number of rotatable bonds is 1. The highest BCUT2D eigenvalue weighted by Crippen LogP contribution is 1.86. The van der Waals surface area contributed by atoms with Crippen LogP contribution in [-0.2, 0) is 0 Å². The second-order valence-corrected chi connectivity index (χ2v) is 1.40. The molecule has 0 amide bonds. The van der Waals surface area contributed by atoms with Crippen LogP contribution in [0, 0.1) is 0 Å². The summed E-state index contributed by atoms with van der Waals surface area (Å²) in [4.78, 5) is 17.2. The Morgan fingerprint density at radius 2 is 2.09 bits per heavy atom. The van der Waals surface area contributed by atoms with E-state index in [1.165, 1.54) is 18.6 Å². The van der Waals surface area contributed by atoms with Crippen LogP contribution in [0.5, 0.6) is 0 Å². The van der Waals surface area contributed by atoms with E-state index in [0.29, 0.717) is 0 Å². The predicted molar refractivity (Wildman–Crippen MR) is 37.6 cm³/mol. The molecule has 1 aromatic heterocycles. The lowest BCUT2D eigenvalue weighted by molar-refractivity contribution is 0.0690. The molecule has 0 saturated carbocycles. The summed E-state index contributed by atoms with van der Waals surface area (Å²) in [7, 11) is 0. The molecule has 0 aliphatic rings. The molecule has 0 aliphatic carbocycles. The normalized spacial score (nSPS) is 7.27. The lowest BCUT2D eigenvalue weighted by atomic mass is 10.5. The van der Waals surface area contributed by atoms with Gasteiger partial charge in [0, 0.05) is 12.4 Å². The minimum atomic E-state index is -1.05. The number of hydrogen-bond donors (Lipinski definition) is 2. The van der Waals surface area contributed by atoms with Gasteiger partial charge >= 0.3 is 5.97 Å². The largest absolute Gasteiger partial charge is 0.476 e. The van der Waals surface area contributed by atoms with E-state index in [1.54, 1.807) is 0 Å². The molecular weight excluding hydrogens is 150 g/mol. The molecule has 1 aromatic rings. The van der Waals surface area contributed by atoms with Gasteiger partial charge in [-0.25, -0.2) is 9.78 Å². The maximum absolute atomic E-state index is 10.1. The van der Waals surface area contributed by atoms with Crippen molar-refractivity contribution in [2.45, 2.75) is 0 Å². The van der Waals surface area contributed by atoms with E-state index in [2.05, 4.69) is 9.97 Å². The van der Waals surface area contributed by atoms with Crippen LogP contribution < -0.4 is 6.15 Å². The average Bonchev–Trinajstić information content (AvgIpc) is 1.90. The molecule has 0 saturated heterocycles. The summed E-state index contributed by atoms with van der Waals surface area (Å²) in [6.45, 7) is 0. The molecular formula is C5H9N3O3. The van der Waals surface area contributed by atoms with Gasteiger partial charge < -0.3 is 16.7 Å². The molecule has 0 fully saturated rings. The van der Waals surface area contributed by atoms with Crippen molar-refractivity contribution >= 4 is 5.97 Å². The van der Waals surface area contributed by atoms with Gasteiger partial charge in [-0.3, -0.25) is 4.98 Å². The van der Waals surface area contributed by atoms with Crippen LogP contribution in [-0.4, -0.2) is 26.5 Å². The summed E-state index contributed by atoms with van der Waals surface area (Å²) in [5, 5.41) is 8.28. The summed E-state index contributed by atoms with van der Waals surface area (Å²) >= 11 is 0. The van der Waals surface area contributed by atoms with E-state index in [4.69, 9.17) is 5.11 Å². The van der Waals surface area contributed by atoms with Crippen molar-refractivity contribution < 1.29 is 15.4 Å². The maximum Gasteiger partial charge on any atom is 0.356 e. The Morgan fingerprint density at radius 1 is 1.45 bits per heavy atom. The van der Waals surface area contributed by atoms with Crippen LogP contribution in [0.4, 0.5) is 0 Å². The number of carboxylic acids is 1. The third-order valence-electron chi connectivity index (χ3n) is 0.782. The standard InChI is InChI=1S/C5H4N2O2.H3N.H2O/c8-5(9)4-3-6-1-2-7-4;;/h1-3H,(H,8,9);1H3;1H2. The molecule has 0 spiro atoms. The highest BCUT2D eigenvalue weighted by molar-refractivity contribution is 5.84. The fourth-order valence-corrected chi connectivity index (χ4v) is 0.410. The summed E-state index contributed by atoms with van der Waals surface area (Å²) < 4.78 is 0. The van der Waals surface area contributed by atoms with E-state index in [0.717, 1.165) is 0 Å². The summed E-state index contributed by atoms with van der Waals surface area (Å²) in [5.41, 5.74) is -0.0301. The Kier molecular flexibility index (Phi) is 5.83. The van der Waals surface area contributed by atoms with Crippen molar-refractivity contribution in [2.24, 2.45) is 0 Å². The average molecular weight is 159 g/mol. The van der Waals surface area contributed by atoms with Crippen LogP contribution in [0.3, 0.4) is 0 Å². The molecule has 0 radical (unpaired) electrons. The maximum atomic E-state index is 10.1. The quantitative estimate of drug-likeness (QED) is 0.571. The molecule has 6 nitrogen and oxygen atoms in total. The molecule has 0 aliphatic heterocycles. The summed E-state index contributed by atoms with van der Waals surface area (Å²) in [6, 6.07) is 0. The topological polar surface area (TPSA) is 130 Å². The first kappa shape index (κ1) is 12.2. The first-order chi connectivity index (χ1) is 4.30. The van der Waals surface area contributed by atoms with Crippen LogP contribution in [0.15, 0.2) is 18.6 Å². The Balaban J connectivity index is 0. The number of aromatic carboxylic acids is 1. The minimum absolute atomic E-state index is 0. The molecule has 1 heterocycles. The van der Waals surface area contributed by atoms with Gasteiger partial charge in [-0.2, -0.15) is 0 Å². The van der Waals surface area contributed by atoms with E-state index in [9.17, 15) is 4.79 Å². The van der Waals surface area contributed by atoms with E-state index in [-0.39, 0.29) is 17.3 Å². The Labute approximate surface area is 62.8 Å². The van der Waals surface area contributed by atoms with Crippen molar-refractivity contribution in [3.63, 3.8) is 0 Å². The second-order valence-electron chi connectivity index (χ2n) is 1.40. The van der Waals surface area contributed by atoms with Gasteiger partial charge in [0.2, 0.25) is 0 Å². The van der Waals surface area contributed by atoms with Crippen LogP contribution in [0.2, 0.25) is 0 Å². The SMILES string of the molecule is N.O.O=C(O)c1cnccn1. The molecule has 6 N–H and O–H groups in total. The fourth-order valence-electron chi connectivity index (χ4n) is 0.410. The number of hydrogen-bond acceptors (Lipinski definition) is 4. The van der Waals surface area contributed by atoms with E-state index < -0.39 is 5.97 Å². The van der Waals surface area contributed by atoms with Crippen molar-refractivity contribution in [3.8, 4) is 0 Å². The van der Waals surface area contributed by atoms with Gasteiger partial charge in [-0.1, -0.05) is 0 Å². The van der Waals surface area contributed by atoms with Crippen molar-refractivity contribution in [1.82, 2.24) is 16.1 Å². The first-order valence-electron chi connectivity index (χ1n) is 2.30. The Morgan fingerprint density at radius 3 is 2.36 bits per heavy atom. The van der Waals surface area contributed by atoms with Crippen molar-refractivity contribution in [3.05, 3.63) is 24.3 Å². The summed E-state index contributed by atoms with van der Waals surface area (Å²) in [6.07, 6.45) is 3.96. The summed E-state index contributed by atoms with van der Waals surface area (Å²) in [5.74, 6) is -1.05. The smallest absolute Gasteiger partial charge is 0.356 e. The molecule has 62 valence electrons. The number of nitrogens with zero attached hydrogens (tertiary/aromatic N) is 2. The van der Waals surface area contributed by atoms with Crippen molar-refractivity contribution in [1.29, 1.82) is 0 Å². The predicted octanol–water partition coefficient (Wildman–Crippen LogP) is -0.488. The highest BCUT2D eigenvalue weighted by atomic mass is 16.4. The molecule has 1 rings (SSSR count). The molecule has 11 heavy (non-hydrogen) atoms. The second kappa shape index (κ2) is 5.27. The third-order valence-corrected chi connectivity index (χ3v) is 0.782. The van der Waals surface area contributed by atoms with Crippen LogP contribution in [0.1, 0.15) is 10.5 Å². The van der Waals surface area contributed by atoms with E-state index in [1.807, 2.05) is 0 Å². The number of carboxylic acid groups (broad SMARTS) is 1. The van der Waals surface area contributed by atoms with Crippen LogP contribution in [0.25, 0.3) is 0 Å². The van der Waals surface area contributed by atoms with Crippen LogP contribution >= 0.6 is 0 Å². The molecule has 0 aromatic carbocycles. The molecule has 0 unspecified atom stereocenters. The van der Waals surface area contributed by atoms with Crippen molar-refractivity contribution in [2.75, 3.05) is 0 Å². The number of carbonyl (C=O) groups is 1. The zero-order chi connectivity index (χ0) is 6.69. The third kappa shape index (κ3) is 3.23. The molecule has 6 heteroatoms. The lowest BCUT2D eigenvalue weighted by Crippen LogP contribution is -1.99. The van der Waals surface area contributed by atoms with E-state index >= 15 is 0 Å². The lowest BCUT2D eigenvalue weighted by Gasteiger charge is -1.86. The Bertz CT molecular complexity index is 213. The van der Waals surface area contributed by atoms with Gasteiger partial charge in [-0.05, 0) is 0 Å². The zero-order valence-electron chi connectivity index (χ0n) is 5.69. The van der Waals surface area contributed by atoms with Gasteiger partial charge in [0.1, 0.15) is 0 Å².